The number of rotatable bonds is 3. The molecular weight excluding hydrogens is 423 g/mol. The maximum absolute atomic E-state index is 12.0. The molecule has 3 N–H and O–H groups in total. The number of hydrogen-bond acceptors (Lipinski definition) is 4. The molecular formula is C11H7BrCl2N2O3S2. The van der Waals surface area contributed by atoms with Crippen LogP contribution in [0.15, 0.2) is 32.3 Å². The molecule has 0 fully saturated rings. The molecule has 1 amide bonds. The van der Waals surface area contributed by atoms with Gasteiger partial charge in [-0.15, -0.1) is 11.3 Å². The Hall–Kier alpha value is -0.640. The summed E-state index contributed by atoms with van der Waals surface area (Å²) in [6.45, 7) is 0. The summed E-state index contributed by atoms with van der Waals surface area (Å²) in [4.78, 5) is 11.8. The molecule has 2 rings (SSSR count). The number of anilines is 1. The Balaban J connectivity index is 2.35. The Labute approximate surface area is 143 Å². The number of amides is 1. The summed E-state index contributed by atoms with van der Waals surface area (Å²) in [6, 6.07) is 3.89. The Morgan fingerprint density at radius 2 is 1.81 bits per heavy atom. The molecule has 2 aromatic rings. The summed E-state index contributed by atoms with van der Waals surface area (Å²) in [5, 5.41) is 9.15. The van der Waals surface area contributed by atoms with Gasteiger partial charge in [0.05, 0.1) is 30.0 Å². The van der Waals surface area contributed by atoms with E-state index in [9.17, 15) is 13.2 Å². The van der Waals surface area contributed by atoms with Crippen LogP contribution in [0.3, 0.4) is 0 Å². The first kappa shape index (κ1) is 16.7. The molecule has 1 aromatic carbocycles. The van der Waals surface area contributed by atoms with Gasteiger partial charge in [-0.05, 0) is 34.1 Å². The number of halogens is 3. The molecule has 0 bridgehead atoms. The lowest BCUT2D eigenvalue weighted by Crippen LogP contribution is -2.14. The molecule has 1 aromatic heterocycles. The minimum atomic E-state index is -3.93. The van der Waals surface area contributed by atoms with Gasteiger partial charge in [0.15, 0.2) is 0 Å². The number of nitrogens with two attached hydrogens (primary N) is 1. The van der Waals surface area contributed by atoms with Gasteiger partial charge in [-0.2, -0.15) is 0 Å². The number of nitrogens with one attached hydrogen (secondary N) is 1. The molecule has 1 heterocycles. The molecule has 0 radical (unpaired) electrons. The molecule has 21 heavy (non-hydrogen) atoms. The fourth-order valence-corrected chi connectivity index (χ4v) is 3.86. The van der Waals surface area contributed by atoms with Crippen molar-refractivity contribution in [2.75, 3.05) is 5.32 Å². The van der Waals surface area contributed by atoms with E-state index in [1.54, 1.807) is 11.4 Å². The van der Waals surface area contributed by atoms with E-state index in [2.05, 4.69) is 21.2 Å². The lowest BCUT2D eigenvalue weighted by atomic mass is 10.2. The quantitative estimate of drug-likeness (QED) is 0.778. The smallest absolute Gasteiger partial charge is 0.256 e. The van der Waals surface area contributed by atoms with Crippen LogP contribution in [0.25, 0.3) is 0 Å². The summed E-state index contributed by atoms with van der Waals surface area (Å²) in [5.74, 6) is -0.413. The molecule has 0 aliphatic carbocycles. The third-order valence-electron chi connectivity index (χ3n) is 2.41. The van der Waals surface area contributed by atoms with E-state index in [-0.39, 0.29) is 20.6 Å². The van der Waals surface area contributed by atoms with Gasteiger partial charge in [-0.1, -0.05) is 23.2 Å². The minimum Gasteiger partial charge on any atom is -0.319 e. The van der Waals surface area contributed by atoms with Crippen LogP contribution in [-0.2, 0) is 10.0 Å². The van der Waals surface area contributed by atoms with Gasteiger partial charge in [0.25, 0.3) is 5.91 Å². The molecule has 0 aliphatic rings. The molecule has 0 aliphatic heterocycles. The van der Waals surface area contributed by atoms with Crippen LogP contribution in [0, 0.1) is 0 Å². The number of thiophene rings is 1. The minimum absolute atomic E-state index is 0.0193. The first-order chi connectivity index (χ1) is 9.68. The van der Waals surface area contributed by atoms with Crippen molar-refractivity contribution in [3.63, 3.8) is 0 Å². The zero-order valence-corrected chi connectivity index (χ0v) is 14.8. The summed E-state index contributed by atoms with van der Waals surface area (Å²) < 4.78 is 23.3. The zero-order valence-electron chi connectivity index (χ0n) is 10.1. The number of hydrogen-bond donors (Lipinski definition) is 2. The lowest BCUT2D eigenvalue weighted by molar-refractivity contribution is 0.102. The van der Waals surface area contributed by atoms with E-state index >= 15 is 0 Å². The number of sulfonamides is 1. The SMILES string of the molecule is NS(=O)(=O)c1cc(Cl)c(NC(=O)c2csc(Br)c2)c(Cl)c1. The van der Waals surface area contributed by atoms with Crippen molar-refractivity contribution in [2.45, 2.75) is 4.90 Å². The zero-order chi connectivity index (χ0) is 15.8. The topological polar surface area (TPSA) is 89.3 Å². The molecule has 10 heteroatoms. The molecule has 5 nitrogen and oxygen atoms in total. The van der Waals surface area contributed by atoms with Gasteiger partial charge < -0.3 is 5.32 Å². The van der Waals surface area contributed by atoms with Crippen molar-refractivity contribution in [3.05, 3.63) is 43.0 Å². The maximum atomic E-state index is 12.0. The standard InChI is InChI=1S/C11H7BrCl2N2O3S2/c12-9-1-5(4-20-9)11(17)16-10-7(13)2-6(3-8(10)14)21(15,18)19/h1-4H,(H,16,17)(H2,15,18,19). The lowest BCUT2D eigenvalue weighted by Gasteiger charge is -2.10. The van der Waals surface area contributed by atoms with Crippen molar-refractivity contribution in [1.82, 2.24) is 0 Å². The second-order valence-corrected chi connectivity index (χ2v) is 8.57. The molecule has 112 valence electrons. The van der Waals surface area contributed by atoms with E-state index < -0.39 is 15.9 Å². The molecule has 0 atom stereocenters. The predicted molar refractivity (Wildman–Crippen MR) is 87.8 cm³/mol. The van der Waals surface area contributed by atoms with E-state index in [1.165, 1.54) is 11.3 Å². The van der Waals surface area contributed by atoms with Gasteiger partial charge in [0.2, 0.25) is 10.0 Å². The highest BCUT2D eigenvalue weighted by molar-refractivity contribution is 9.11. The monoisotopic (exact) mass is 428 g/mol. The van der Waals surface area contributed by atoms with Crippen LogP contribution in [0.2, 0.25) is 10.0 Å². The Morgan fingerprint density at radius 3 is 2.24 bits per heavy atom. The third-order valence-corrected chi connectivity index (χ3v) is 5.41. The molecule has 0 spiro atoms. The molecule has 0 saturated carbocycles. The first-order valence-corrected chi connectivity index (χ1v) is 9.23. The Morgan fingerprint density at radius 1 is 1.24 bits per heavy atom. The van der Waals surface area contributed by atoms with Crippen LogP contribution in [0.1, 0.15) is 10.4 Å². The second kappa shape index (κ2) is 6.23. The summed E-state index contributed by atoms with van der Waals surface area (Å²) in [7, 11) is -3.93. The summed E-state index contributed by atoms with van der Waals surface area (Å²) >= 11 is 16.5. The van der Waals surface area contributed by atoms with Crippen LogP contribution < -0.4 is 10.5 Å². The average molecular weight is 430 g/mol. The van der Waals surface area contributed by atoms with Gasteiger partial charge in [0.1, 0.15) is 0 Å². The molecule has 0 saturated heterocycles. The molecule has 0 unspecified atom stereocenters. The number of primary sulfonamides is 1. The average Bonchev–Trinajstić information content (AvgIpc) is 2.79. The normalized spacial score (nSPS) is 11.4. The Kier molecular flexibility index (Phi) is 4.96. The first-order valence-electron chi connectivity index (χ1n) is 5.25. The number of carbonyl (C=O) groups excluding carboxylic acids is 1. The van der Waals surface area contributed by atoms with Crippen LogP contribution in [0.4, 0.5) is 5.69 Å². The van der Waals surface area contributed by atoms with Crippen molar-refractivity contribution in [2.24, 2.45) is 5.14 Å². The van der Waals surface area contributed by atoms with Crippen molar-refractivity contribution < 1.29 is 13.2 Å². The number of carbonyl (C=O) groups is 1. The predicted octanol–water partition coefficient (Wildman–Crippen LogP) is 3.72. The van der Waals surface area contributed by atoms with Crippen LogP contribution in [-0.4, -0.2) is 14.3 Å². The Bertz CT molecular complexity index is 798. The second-order valence-electron chi connectivity index (χ2n) is 3.90. The van der Waals surface area contributed by atoms with Crippen LogP contribution in [0.5, 0.6) is 0 Å². The van der Waals surface area contributed by atoms with Gasteiger partial charge in [-0.25, -0.2) is 13.6 Å². The summed E-state index contributed by atoms with van der Waals surface area (Å²) in [5.41, 5.74) is 0.549. The van der Waals surface area contributed by atoms with Crippen molar-refractivity contribution in [3.8, 4) is 0 Å². The van der Waals surface area contributed by atoms with E-state index in [0.717, 1.165) is 15.9 Å². The van der Waals surface area contributed by atoms with Crippen LogP contribution >= 0.6 is 50.5 Å². The van der Waals surface area contributed by atoms with Gasteiger partial charge >= 0.3 is 0 Å². The number of benzene rings is 1. The van der Waals surface area contributed by atoms with E-state index in [0.29, 0.717) is 5.56 Å². The van der Waals surface area contributed by atoms with Gasteiger partial charge in [-0.3, -0.25) is 4.79 Å². The highest BCUT2D eigenvalue weighted by atomic mass is 79.9. The summed E-state index contributed by atoms with van der Waals surface area (Å²) in [6.07, 6.45) is 0. The highest BCUT2D eigenvalue weighted by Gasteiger charge is 2.17. The van der Waals surface area contributed by atoms with Gasteiger partial charge in [0, 0.05) is 5.38 Å². The van der Waals surface area contributed by atoms with Crippen molar-refractivity contribution in [1.29, 1.82) is 0 Å². The largest absolute Gasteiger partial charge is 0.319 e. The third kappa shape index (κ3) is 3.97. The maximum Gasteiger partial charge on any atom is 0.256 e. The highest BCUT2D eigenvalue weighted by Crippen LogP contribution is 2.33. The van der Waals surface area contributed by atoms with E-state index in [4.69, 9.17) is 28.3 Å². The van der Waals surface area contributed by atoms with Crippen molar-refractivity contribution >= 4 is 72.1 Å². The fourth-order valence-electron chi connectivity index (χ4n) is 1.45. The van der Waals surface area contributed by atoms with E-state index in [1.807, 2.05) is 0 Å². The fraction of sp³-hybridized carbons (Fsp3) is 0.